The average molecular weight is 240 g/mol. The number of ether oxygens (including phenoxy) is 3. The van der Waals surface area contributed by atoms with Crippen LogP contribution in [-0.4, -0.2) is 37.9 Å². The van der Waals surface area contributed by atoms with Crippen LogP contribution >= 0.6 is 0 Å². The molecule has 0 unspecified atom stereocenters. The van der Waals surface area contributed by atoms with E-state index in [1.165, 1.54) is 7.11 Å². The Labute approximate surface area is 99.7 Å². The Balaban J connectivity index is 2.05. The van der Waals surface area contributed by atoms with E-state index in [0.29, 0.717) is 19.4 Å². The molecule has 94 valence electrons. The van der Waals surface area contributed by atoms with Crippen LogP contribution in [0.25, 0.3) is 0 Å². The summed E-state index contributed by atoms with van der Waals surface area (Å²) in [6.45, 7) is 4.00. The lowest BCUT2D eigenvalue weighted by molar-refractivity contribution is -0.202. The molecule has 17 heavy (non-hydrogen) atoms. The molecular formula is C12H16O5. The summed E-state index contributed by atoms with van der Waals surface area (Å²) in [6, 6.07) is 0. The van der Waals surface area contributed by atoms with Gasteiger partial charge in [0.15, 0.2) is 0 Å². The summed E-state index contributed by atoms with van der Waals surface area (Å²) in [6.07, 6.45) is 2.21. The van der Waals surface area contributed by atoms with Crippen LogP contribution in [0.3, 0.4) is 0 Å². The maximum atomic E-state index is 11.6. The number of rotatable bonds is 4. The number of fused-ring (bicyclic) bond motifs is 3. The van der Waals surface area contributed by atoms with E-state index in [4.69, 9.17) is 14.2 Å². The van der Waals surface area contributed by atoms with Crippen molar-refractivity contribution in [3.8, 4) is 0 Å². The SMILES string of the molecule is C=CCO[C@@H]1C[C@@H]2C(=O)O[C@H]1C[C@@H]2C(=O)OC. The Morgan fingerprint density at radius 3 is 2.94 bits per heavy atom. The molecule has 0 aromatic rings. The van der Waals surface area contributed by atoms with Gasteiger partial charge in [-0.2, -0.15) is 0 Å². The van der Waals surface area contributed by atoms with Gasteiger partial charge in [-0.3, -0.25) is 9.59 Å². The third kappa shape index (κ3) is 2.20. The van der Waals surface area contributed by atoms with Crippen molar-refractivity contribution in [3.63, 3.8) is 0 Å². The molecule has 0 radical (unpaired) electrons. The minimum atomic E-state index is -0.428. The highest BCUT2D eigenvalue weighted by Gasteiger charge is 2.52. The van der Waals surface area contributed by atoms with E-state index < -0.39 is 5.92 Å². The molecule has 3 rings (SSSR count). The second kappa shape index (κ2) is 4.87. The Kier molecular flexibility index (Phi) is 3.47. The highest BCUT2D eigenvalue weighted by atomic mass is 16.6. The fourth-order valence-corrected chi connectivity index (χ4v) is 2.53. The lowest BCUT2D eigenvalue weighted by Gasteiger charge is -2.43. The van der Waals surface area contributed by atoms with Gasteiger partial charge in [-0.25, -0.2) is 0 Å². The fraction of sp³-hybridized carbons (Fsp3) is 0.667. The van der Waals surface area contributed by atoms with Crippen molar-refractivity contribution in [3.05, 3.63) is 12.7 Å². The van der Waals surface area contributed by atoms with Crippen LogP contribution in [0.4, 0.5) is 0 Å². The molecule has 3 aliphatic rings. The Morgan fingerprint density at radius 2 is 2.35 bits per heavy atom. The van der Waals surface area contributed by atoms with Gasteiger partial charge in [-0.15, -0.1) is 6.58 Å². The summed E-state index contributed by atoms with van der Waals surface area (Å²) < 4.78 is 15.4. The zero-order chi connectivity index (χ0) is 12.4. The van der Waals surface area contributed by atoms with Crippen LogP contribution < -0.4 is 0 Å². The summed E-state index contributed by atoms with van der Waals surface area (Å²) in [5.41, 5.74) is 0. The highest BCUT2D eigenvalue weighted by Crippen LogP contribution is 2.40. The first-order valence-electron chi connectivity index (χ1n) is 5.68. The zero-order valence-corrected chi connectivity index (χ0v) is 9.76. The number of carbonyl (C=O) groups is 2. The van der Waals surface area contributed by atoms with Gasteiger partial charge in [-0.1, -0.05) is 6.08 Å². The number of esters is 2. The molecule has 2 heterocycles. The molecule has 5 heteroatoms. The first-order chi connectivity index (χ1) is 8.17. The summed E-state index contributed by atoms with van der Waals surface area (Å²) in [5.74, 6) is -1.45. The molecule has 0 amide bonds. The van der Waals surface area contributed by atoms with E-state index in [-0.39, 0.29) is 30.1 Å². The number of hydrogen-bond acceptors (Lipinski definition) is 5. The topological polar surface area (TPSA) is 61.8 Å². The quantitative estimate of drug-likeness (QED) is 0.534. The van der Waals surface area contributed by atoms with E-state index in [1.54, 1.807) is 6.08 Å². The van der Waals surface area contributed by atoms with Gasteiger partial charge in [0, 0.05) is 6.42 Å². The molecule has 5 nitrogen and oxygen atoms in total. The Hall–Kier alpha value is -1.36. The van der Waals surface area contributed by atoms with Crippen LogP contribution in [0.1, 0.15) is 12.8 Å². The van der Waals surface area contributed by atoms with Gasteiger partial charge in [0.25, 0.3) is 0 Å². The molecular weight excluding hydrogens is 224 g/mol. The maximum absolute atomic E-state index is 11.6. The maximum Gasteiger partial charge on any atom is 0.310 e. The monoisotopic (exact) mass is 240 g/mol. The van der Waals surface area contributed by atoms with Gasteiger partial charge >= 0.3 is 11.9 Å². The molecule has 2 bridgehead atoms. The molecule has 2 aliphatic heterocycles. The average Bonchev–Trinajstić information content (AvgIpc) is 2.35. The number of carbonyl (C=O) groups excluding carboxylic acids is 2. The summed E-state index contributed by atoms with van der Waals surface area (Å²) in [7, 11) is 1.33. The summed E-state index contributed by atoms with van der Waals surface area (Å²) in [4.78, 5) is 23.1. The second-order valence-electron chi connectivity index (χ2n) is 4.34. The van der Waals surface area contributed by atoms with Crippen molar-refractivity contribution in [2.45, 2.75) is 25.0 Å². The van der Waals surface area contributed by atoms with Crippen LogP contribution in [0.15, 0.2) is 12.7 Å². The van der Waals surface area contributed by atoms with E-state index in [9.17, 15) is 9.59 Å². The van der Waals surface area contributed by atoms with Crippen LogP contribution in [0.2, 0.25) is 0 Å². The summed E-state index contributed by atoms with van der Waals surface area (Å²) >= 11 is 0. The normalized spacial score (nSPS) is 35.2. The van der Waals surface area contributed by atoms with Crippen molar-refractivity contribution < 1.29 is 23.8 Å². The van der Waals surface area contributed by atoms with E-state index in [0.717, 1.165) is 0 Å². The van der Waals surface area contributed by atoms with Gasteiger partial charge in [0.05, 0.1) is 31.7 Å². The Bertz CT molecular complexity index is 338. The van der Waals surface area contributed by atoms with Crippen molar-refractivity contribution in [2.24, 2.45) is 11.8 Å². The standard InChI is InChI=1S/C12H16O5/c1-3-4-16-9-5-8-7(11(13)15-2)6-10(9)17-12(8)14/h3,7-10H,1,4-6H2,2H3/t7-,8-,9+,10-/m0/s1. The number of hydrogen-bond donors (Lipinski definition) is 0. The lowest BCUT2D eigenvalue weighted by Crippen LogP contribution is -2.54. The van der Waals surface area contributed by atoms with Gasteiger partial charge in [-0.05, 0) is 6.42 Å². The smallest absolute Gasteiger partial charge is 0.310 e. The first kappa shape index (κ1) is 12.1. The predicted molar refractivity (Wildman–Crippen MR) is 58.0 cm³/mol. The predicted octanol–water partition coefficient (Wildman–Crippen LogP) is 0.682. The number of methoxy groups -OCH3 is 1. The fourth-order valence-electron chi connectivity index (χ4n) is 2.53. The van der Waals surface area contributed by atoms with Gasteiger partial charge < -0.3 is 14.2 Å². The third-order valence-electron chi connectivity index (χ3n) is 3.38. The molecule has 0 aromatic heterocycles. The van der Waals surface area contributed by atoms with Crippen molar-refractivity contribution in [1.82, 2.24) is 0 Å². The second-order valence-corrected chi connectivity index (χ2v) is 4.34. The third-order valence-corrected chi connectivity index (χ3v) is 3.38. The minimum Gasteiger partial charge on any atom is -0.469 e. The van der Waals surface area contributed by atoms with Crippen LogP contribution in [-0.2, 0) is 23.8 Å². The van der Waals surface area contributed by atoms with Crippen LogP contribution in [0.5, 0.6) is 0 Å². The molecule has 0 N–H and O–H groups in total. The molecule has 0 aromatic carbocycles. The van der Waals surface area contributed by atoms with Gasteiger partial charge in [0.1, 0.15) is 6.10 Å². The minimum absolute atomic E-state index is 0.128. The summed E-state index contributed by atoms with van der Waals surface area (Å²) in [5, 5.41) is 0. The molecule has 2 saturated heterocycles. The first-order valence-corrected chi connectivity index (χ1v) is 5.68. The lowest BCUT2D eigenvalue weighted by atomic mass is 9.74. The van der Waals surface area contributed by atoms with Crippen molar-refractivity contribution in [2.75, 3.05) is 13.7 Å². The van der Waals surface area contributed by atoms with Crippen molar-refractivity contribution in [1.29, 1.82) is 0 Å². The van der Waals surface area contributed by atoms with E-state index in [1.807, 2.05) is 0 Å². The Morgan fingerprint density at radius 1 is 1.59 bits per heavy atom. The van der Waals surface area contributed by atoms with Gasteiger partial charge in [0.2, 0.25) is 0 Å². The largest absolute Gasteiger partial charge is 0.469 e. The molecule has 1 saturated carbocycles. The molecule has 0 spiro atoms. The highest BCUT2D eigenvalue weighted by molar-refractivity contribution is 5.84. The zero-order valence-electron chi connectivity index (χ0n) is 9.76. The molecule has 1 aliphatic carbocycles. The van der Waals surface area contributed by atoms with E-state index >= 15 is 0 Å². The van der Waals surface area contributed by atoms with E-state index in [2.05, 4.69) is 6.58 Å². The molecule has 3 fully saturated rings. The van der Waals surface area contributed by atoms with Crippen molar-refractivity contribution >= 4 is 11.9 Å². The van der Waals surface area contributed by atoms with Crippen LogP contribution in [0, 0.1) is 11.8 Å². The molecule has 4 atom stereocenters.